The van der Waals surface area contributed by atoms with Crippen molar-refractivity contribution in [2.24, 2.45) is 5.92 Å². The molecule has 0 spiro atoms. The van der Waals surface area contributed by atoms with Gasteiger partial charge in [0.1, 0.15) is 11.9 Å². The fraction of sp³-hybridized carbons (Fsp3) is 0.185. The average molecular weight is 517 g/mol. The van der Waals surface area contributed by atoms with Gasteiger partial charge in [0.15, 0.2) is 5.11 Å². The van der Waals surface area contributed by atoms with Crippen LogP contribution >= 0.6 is 23.8 Å². The lowest BCUT2D eigenvalue weighted by molar-refractivity contribution is -0.118. The van der Waals surface area contributed by atoms with Crippen LogP contribution in [0.25, 0.3) is 5.82 Å². The maximum atomic E-state index is 12.2. The SMILES string of the molecule is CC(C)C(=O)Nc1ccc(N2C(=S)N[C@H](c3ccccn3)[C@@H]2c2cccn2-c2ccccn2)cc1Cl. The summed E-state index contributed by atoms with van der Waals surface area (Å²) in [5, 5.41) is 7.34. The van der Waals surface area contributed by atoms with Gasteiger partial charge in [-0.2, -0.15) is 0 Å². The van der Waals surface area contributed by atoms with Crippen molar-refractivity contribution < 1.29 is 4.79 Å². The Morgan fingerprint density at radius 2 is 1.83 bits per heavy atom. The minimum absolute atomic E-state index is 0.0932. The number of halogens is 1. The lowest BCUT2D eigenvalue weighted by atomic mass is 10.0. The number of nitrogens with zero attached hydrogens (tertiary/aromatic N) is 4. The Bertz CT molecular complexity index is 1390. The molecule has 4 aromatic rings. The van der Waals surface area contributed by atoms with Gasteiger partial charge in [0.05, 0.1) is 22.4 Å². The molecule has 1 aliphatic heterocycles. The number of hydrogen-bond donors (Lipinski definition) is 2. The zero-order valence-electron chi connectivity index (χ0n) is 19.8. The molecular formula is C27H25ClN6OS. The number of carbonyl (C=O) groups excluding carboxylic acids is 1. The summed E-state index contributed by atoms with van der Waals surface area (Å²) in [6.45, 7) is 3.68. The van der Waals surface area contributed by atoms with E-state index in [0.29, 0.717) is 15.8 Å². The minimum atomic E-state index is -0.239. The largest absolute Gasteiger partial charge is 0.351 e. The third-order valence-electron chi connectivity index (χ3n) is 6.09. The number of carbonyl (C=O) groups is 1. The second-order valence-electron chi connectivity index (χ2n) is 8.80. The van der Waals surface area contributed by atoms with Gasteiger partial charge in [0.2, 0.25) is 5.91 Å². The number of aromatic nitrogens is 3. The molecule has 0 aliphatic carbocycles. The van der Waals surface area contributed by atoms with Gasteiger partial charge in [-0.1, -0.05) is 37.6 Å². The van der Waals surface area contributed by atoms with E-state index >= 15 is 0 Å². The molecule has 1 saturated heterocycles. The van der Waals surface area contributed by atoms with Crippen LogP contribution < -0.4 is 15.5 Å². The van der Waals surface area contributed by atoms with Crippen molar-refractivity contribution in [2.75, 3.05) is 10.2 Å². The second kappa shape index (κ2) is 10.1. The van der Waals surface area contributed by atoms with Gasteiger partial charge in [-0.25, -0.2) is 4.98 Å². The predicted molar refractivity (Wildman–Crippen MR) is 146 cm³/mol. The average Bonchev–Trinajstić information content (AvgIpc) is 3.50. The van der Waals surface area contributed by atoms with Crippen LogP contribution in [-0.4, -0.2) is 25.6 Å². The van der Waals surface area contributed by atoms with Crippen LogP contribution in [0.2, 0.25) is 5.02 Å². The van der Waals surface area contributed by atoms with Crippen LogP contribution in [0.15, 0.2) is 85.3 Å². The van der Waals surface area contributed by atoms with E-state index in [1.165, 1.54) is 0 Å². The van der Waals surface area contributed by atoms with Crippen LogP contribution in [0.5, 0.6) is 0 Å². The van der Waals surface area contributed by atoms with Crippen molar-refractivity contribution in [3.05, 3.63) is 102 Å². The molecule has 182 valence electrons. The van der Waals surface area contributed by atoms with Gasteiger partial charge in [-0.15, -0.1) is 0 Å². The van der Waals surface area contributed by atoms with Crippen LogP contribution in [0.3, 0.4) is 0 Å². The summed E-state index contributed by atoms with van der Waals surface area (Å²) < 4.78 is 2.06. The molecule has 3 aromatic heterocycles. The van der Waals surface area contributed by atoms with E-state index in [1.54, 1.807) is 12.4 Å². The number of benzene rings is 1. The Balaban J connectivity index is 1.59. The lowest BCUT2D eigenvalue weighted by Crippen LogP contribution is -2.30. The molecule has 36 heavy (non-hydrogen) atoms. The van der Waals surface area contributed by atoms with E-state index in [2.05, 4.69) is 31.2 Å². The van der Waals surface area contributed by atoms with Gasteiger partial charge >= 0.3 is 0 Å². The fourth-order valence-corrected chi connectivity index (χ4v) is 4.87. The molecule has 0 unspecified atom stereocenters. The van der Waals surface area contributed by atoms with Gasteiger partial charge in [0, 0.05) is 35.9 Å². The zero-order chi connectivity index (χ0) is 25.2. The number of hydrogen-bond acceptors (Lipinski definition) is 4. The summed E-state index contributed by atoms with van der Waals surface area (Å²) in [5.41, 5.74) is 3.22. The Kier molecular flexibility index (Phi) is 6.71. The standard InChI is InChI=1S/C27H25ClN6OS/c1-17(2)26(35)31-20-12-11-18(16-19(20)28)34-25(24(32-27(34)36)21-8-3-5-13-29-21)22-9-7-15-33(22)23-10-4-6-14-30-23/h3-17,24-25H,1-2H3,(H,31,35)(H,32,36)/t24-,25+/m1/s1. The first-order chi connectivity index (χ1) is 17.4. The number of anilines is 2. The maximum Gasteiger partial charge on any atom is 0.226 e. The Hall–Kier alpha value is -3.75. The highest BCUT2D eigenvalue weighted by atomic mass is 35.5. The molecule has 9 heteroatoms. The zero-order valence-corrected chi connectivity index (χ0v) is 21.4. The molecule has 2 N–H and O–H groups in total. The number of rotatable bonds is 6. The first-order valence-electron chi connectivity index (χ1n) is 11.6. The molecule has 0 bridgehead atoms. The minimum Gasteiger partial charge on any atom is -0.351 e. The Morgan fingerprint density at radius 3 is 2.50 bits per heavy atom. The molecule has 1 aromatic carbocycles. The molecule has 7 nitrogen and oxygen atoms in total. The molecular weight excluding hydrogens is 492 g/mol. The molecule has 1 amide bonds. The first kappa shape index (κ1) is 24.0. The van der Waals surface area contributed by atoms with Gasteiger partial charge in [0.25, 0.3) is 0 Å². The van der Waals surface area contributed by atoms with Gasteiger partial charge in [-0.3, -0.25) is 9.78 Å². The summed E-state index contributed by atoms with van der Waals surface area (Å²) in [6, 6.07) is 20.8. The molecule has 0 saturated carbocycles. The molecule has 1 fully saturated rings. The Labute approximate surface area is 220 Å². The number of thiocarbonyl (C=S) groups is 1. The summed E-state index contributed by atoms with van der Waals surface area (Å²) in [6.07, 6.45) is 5.54. The van der Waals surface area contributed by atoms with E-state index in [9.17, 15) is 4.79 Å². The van der Waals surface area contributed by atoms with Crippen molar-refractivity contribution in [2.45, 2.75) is 25.9 Å². The van der Waals surface area contributed by atoms with E-state index in [-0.39, 0.29) is 23.9 Å². The third-order valence-corrected chi connectivity index (χ3v) is 6.72. The summed E-state index contributed by atoms with van der Waals surface area (Å²) in [7, 11) is 0. The highest BCUT2D eigenvalue weighted by Crippen LogP contribution is 2.43. The smallest absolute Gasteiger partial charge is 0.226 e. The first-order valence-corrected chi connectivity index (χ1v) is 12.4. The van der Waals surface area contributed by atoms with Crippen LogP contribution in [0.1, 0.15) is 37.3 Å². The normalized spacial score (nSPS) is 17.3. The van der Waals surface area contributed by atoms with Crippen molar-refractivity contribution in [1.29, 1.82) is 0 Å². The van der Waals surface area contributed by atoms with E-state index < -0.39 is 0 Å². The molecule has 0 radical (unpaired) electrons. The van der Waals surface area contributed by atoms with Crippen molar-refractivity contribution in [3.63, 3.8) is 0 Å². The number of pyridine rings is 2. The molecule has 2 atom stereocenters. The summed E-state index contributed by atoms with van der Waals surface area (Å²) in [5.74, 6) is 0.558. The quantitative estimate of drug-likeness (QED) is 0.320. The van der Waals surface area contributed by atoms with E-state index in [1.807, 2.05) is 85.6 Å². The van der Waals surface area contributed by atoms with Crippen LogP contribution in [0, 0.1) is 5.92 Å². The van der Waals surface area contributed by atoms with Gasteiger partial charge in [-0.05, 0) is 66.8 Å². The molecule has 4 heterocycles. The maximum absolute atomic E-state index is 12.2. The van der Waals surface area contributed by atoms with Crippen molar-refractivity contribution in [3.8, 4) is 5.82 Å². The number of nitrogens with one attached hydrogen (secondary N) is 2. The number of amides is 1. The lowest BCUT2D eigenvalue weighted by Gasteiger charge is -2.29. The van der Waals surface area contributed by atoms with E-state index in [4.69, 9.17) is 23.8 Å². The third kappa shape index (κ3) is 4.57. The van der Waals surface area contributed by atoms with Crippen molar-refractivity contribution >= 4 is 46.2 Å². The van der Waals surface area contributed by atoms with Crippen LogP contribution in [0.4, 0.5) is 11.4 Å². The van der Waals surface area contributed by atoms with E-state index in [0.717, 1.165) is 22.9 Å². The fourth-order valence-electron chi connectivity index (χ4n) is 4.31. The van der Waals surface area contributed by atoms with Gasteiger partial charge < -0.3 is 20.1 Å². The second-order valence-corrected chi connectivity index (χ2v) is 9.59. The molecule has 1 aliphatic rings. The predicted octanol–water partition coefficient (Wildman–Crippen LogP) is 5.69. The Morgan fingerprint density at radius 1 is 1.06 bits per heavy atom. The molecule has 5 rings (SSSR count). The highest BCUT2D eigenvalue weighted by molar-refractivity contribution is 7.80. The monoisotopic (exact) mass is 516 g/mol. The summed E-state index contributed by atoms with van der Waals surface area (Å²) in [4.78, 5) is 23.4. The topological polar surface area (TPSA) is 75.1 Å². The van der Waals surface area contributed by atoms with Crippen LogP contribution in [-0.2, 0) is 4.79 Å². The van der Waals surface area contributed by atoms with Crippen molar-refractivity contribution in [1.82, 2.24) is 19.9 Å². The summed E-state index contributed by atoms with van der Waals surface area (Å²) >= 11 is 12.5. The highest BCUT2D eigenvalue weighted by Gasteiger charge is 2.42.